The molecule has 2 unspecified atom stereocenters. The second kappa shape index (κ2) is 5.40. The number of nitro benzene ring substituents is 2. The molecule has 24 heavy (non-hydrogen) atoms. The van der Waals surface area contributed by atoms with Gasteiger partial charge in [-0.1, -0.05) is 12.2 Å². The highest BCUT2D eigenvalue weighted by atomic mass is 16.6. The van der Waals surface area contributed by atoms with Gasteiger partial charge in [-0.15, -0.1) is 0 Å². The molecule has 1 aliphatic carbocycles. The zero-order chi connectivity index (χ0) is 17.6. The fourth-order valence-corrected chi connectivity index (χ4v) is 3.70. The van der Waals surface area contributed by atoms with Gasteiger partial charge < -0.3 is 4.90 Å². The molecule has 0 N–H and O–H groups in total. The van der Waals surface area contributed by atoms with E-state index in [0.29, 0.717) is 0 Å². The van der Waals surface area contributed by atoms with Crippen LogP contribution < -0.4 is 0 Å². The minimum atomic E-state index is -0.725. The van der Waals surface area contributed by atoms with Crippen LogP contribution in [0.25, 0.3) is 0 Å². The van der Waals surface area contributed by atoms with Crippen molar-refractivity contribution in [2.75, 3.05) is 0 Å². The lowest BCUT2D eigenvalue weighted by Crippen LogP contribution is -2.61. The molecule has 8 heteroatoms. The number of amides is 1. The van der Waals surface area contributed by atoms with Crippen molar-refractivity contribution in [3.05, 3.63) is 56.1 Å². The first-order valence-electron chi connectivity index (χ1n) is 7.67. The third-order valence-corrected chi connectivity index (χ3v) is 4.99. The van der Waals surface area contributed by atoms with Gasteiger partial charge in [-0.25, -0.2) is 0 Å². The van der Waals surface area contributed by atoms with Gasteiger partial charge in [-0.3, -0.25) is 25.0 Å². The highest BCUT2D eigenvalue weighted by molar-refractivity contribution is 5.96. The lowest BCUT2D eigenvalue weighted by atomic mass is 9.72. The second-order valence-electron chi connectivity index (χ2n) is 6.72. The van der Waals surface area contributed by atoms with Crippen LogP contribution in [0.5, 0.6) is 0 Å². The van der Waals surface area contributed by atoms with Crippen LogP contribution >= 0.6 is 0 Å². The molecule has 2 atom stereocenters. The maximum absolute atomic E-state index is 13.0. The first kappa shape index (κ1) is 16.1. The van der Waals surface area contributed by atoms with E-state index in [1.807, 2.05) is 19.9 Å². The summed E-state index contributed by atoms with van der Waals surface area (Å²) in [6, 6.07) is 3.00. The third-order valence-electron chi connectivity index (χ3n) is 4.99. The van der Waals surface area contributed by atoms with Gasteiger partial charge in [-0.05, 0) is 32.6 Å². The van der Waals surface area contributed by atoms with Crippen LogP contribution in [-0.4, -0.2) is 32.2 Å². The molecule has 2 aliphatic heterocycles. The van der Waals surface area contributed by atoms with Gasteiger partial charge in [0.15, 0.2) is 0 Å². The minimum absolute atomic E-state index is 0.0232. The summed E-state index contributed by atoms with van der Waals surface area (Å²) in [6.07, 6.45) is 5.89. The van der Waals surface area contributed by atoms with Crippen molar-refractivity contribution < 1.29 is 14.6 Å². The molecule has 2 heterocycles. The van der Waals surface area contributed by atoms with Crippen molar-refractivity contribution >= 4 is 17.3 Å². The smallest absolute Gasteiger partial charge is 0.277 e. The molecule has 1 saturated heterocycles. The van der Waals surface area contributed by atoms with E-state index in [0.717, 1.165) is 31.0 Å². The average molecular weight is 331 g/mol. The zero-order valence-corrected chi connectivity index (χ0v) is 13.3. The van der Waals surface area contributed by atoms with Crippen LogP contribution in [0.2, 0.25) is 0 Å². The van der Waals surface area contributed by atoms with Gasteiger partial charge in [0.05, 0.1) is 27.5 Å². The first-order valence-corrected chi connectivity index (χ1v) is 7.67. The lowest BCUT2D eigenvalue weighted by molar-refractivity contribution is -0.394. The Morgan fingerprint density at radius 1 is 1.08 bits per heavy atom. The number of carbonyl (C=O) groups excluding carboxylic acids is 1. The maximum Gasteiger partial charge on any atom is 0.277 e. The van der Waals surface area contributed by atoms with Crippen molar-refractivity contribution in [3.8, 4) is 0 Å². The summed E-state index contributed by atoms with van der Waals surface area (Å²) in [5, 5.41) is 22.1. The Labute approximate surface area is 138 Å². The summed E-state index contributed by atoms with van der Waals surface area (Å²) in [7, 11) is 0. The zero-order valence-electron chi connectivity index (χ0n) is 13.3. The number of fused-ring (bicyclic) bond motifs is 2. The number of benzene rings is 1. The first-order chi connectivity index (χ1) is 11.2. The van der Waals surface area contributed by atoms with Crippen LogP contribution in [0.1, 0.15) is 37.0 Å². The number of carbonyl (C=O) groups is 1. The molecule has 8 nitrogen and oxygen atoms in total. The Hall–Kier alpha value is -2.77. The van der Waals surface area contributed by atoms with Crippen LogP contribution in [0.4, 0.5) is 11.4 Å². The molecule has 126 valence electrons. The predicted octanol–water partition coefficient (Wildman–Crippen LogP) is 3.07. The van der Waals surface area contributed by atoms with Crippen molar-refractivity contribution in [2.24, 2.45) is 5.92 Å². The molecule has 1 aromatic carbocycles. The quantitative estimate of drug-likeness (QED) is 0.480. The van der Waals surface area contributed by atoms with Gasteiger partial charge >= 0.3 is 0 Å². The van der Waals surface area contributed by atoms with E-state index >= 15 is 0 Å². The number of nitrogens with zero attached hydrogens (tertiary/aromatic N) is 3. The molecular weight excluding hydrogens is 314 g/mol. The Bertz CT molecular complexity index is 739. The van der Waals surface area contributed by atoms with E-state index in [1.165, 1.54) is 0 Å². The largest absolute Gasteiger partial charge is 0.326 e. The number of hydrogen-bond donors (Lipinski definition) is 0. The SMILES string of the molecule is CC1(C)C2C=CC(CC2)N1C(=O)c1cc([N+](=O)[O-])cc([N+](=O)[O-])c1. The molecule has 0 aromatic heterocycles. The van der Waals surface area contributed by atoms with Crippen molar-refractivity contribution in [2.45, 2.75) is 38.3 Å². The fourth-order valence-electron chi connectivity index (χ4n) is 3.70. The number of hydrogen-bond acceptors (Lipinski definition) is 5. The third kappa shape index (κ3) is 2.44. The van der Waals surface area contributed by atoms with Crippen molar-refractivity contribution in [1.29, 1.82) is 0 Å². The van der Waals surface area contributed by atoms with E-state index in [4.69, 9.17) is 0 Å². The molecule has 0 saturated carbocycles. The number of non-ortho nitro benzene ring substituents is 2. The van der Waals surface area contributed by atoms with Crippen LogP contribution in [-0.2, 0) is 0 Å². The maximum atomic E-state index is 13.0. The monoisotopic (exact) mass is 331 g/mol. The Kier molecular flexibility index (Phi) is 3.62. The lowest BCUT2D eigenvalue weighted by Gasteiger charge is -2.54. The normalized spacial score (nSPS) is 24.0. The number of nitro groups is 2. The molecule has 4 rings (SSSR count). The number of rotatable bonds is 3. The van der Waals surface area contributed by atoms with E-state index in [-0.39, 0.29) is 17.5 Å². The molecule has 0 spiro atoms. The predicted molar refractivity (Wildman–Crippen MR) is 85.7 cm³/mol. The Morgan fingerprint density at radius 3 is 2.08 bits per heavy atom. The molecule has 1 fully saturated rings. The summed E-state index contributed by atoms with van der Waals surface area (Å²) in [6.45, 7) is 3.91. The van der Waals surface area contributed by atoms with Crippen LogP contribution in [0, 0.1) is 26.1 Å². The van der Waals surface area contributed by atoms with Gasteiger partial charge in [0.2, 0.25) is 0 Å². The van der Waals surface area contributed by atoms with Crippen molar-refractivity contribution in [1.82, 2.24) is 4.90 Å². The van der Waals surface area contributed by atoms with E-state index in [1.54, 1.807) is 4.90 Å². The fraction of sp³-hybridized carbons (Fsp3) is 0.438. The molecular formula is C16H17N3O5. The van der Waals surface area contributed by atoms with E-state index < -0.39 is 32.7 Å². The standard InChI is InChI=1S/C16H17N3O5/c1-16(2)11-3-5-12(6-4-11)17(16)15(20)10-7-13(18(21)22)9-14(8-10)19(23)24/h3,5,7-9,11-12H,4,6H2,1-2H3. The summed E-state index contributed by atoms with van der Waals surface area (Å²) < 4.78 is 0. The molecule has 3 aliphatic rings. The topological polar surface area (TPSA) is 107 Å². The van der Waals surface area contributed by atoms with Gasteiger partial charge in [0.25, 0.3) is 17.3 Å². The van der Waals surface area contributed by atoms with Gasteiger partial charge in [0, 0.05) is 17.7 Å². The summed E-state index contributed by atoms with van der Waals surface area (Å²) in [5.41, 5.74) is -1.37. The molecule has 1 aromatic rings. The van der Waals surface area contributed by atoms with Gasteiger partial charge in [0.1, 0.15) is 0 Å². The summed E-state index contributed by atoms with van der Waals surface area (Å²) in [4.78, 5) is 35.3. The second-order valence-corrected chi connectivity index (χ2v) is 6.72. The molecule has 2 bridgehead atoms. The van der Waals surface area contributed by atoms with E-state index in [9.17, 15) is 25.0 Å². The van der Waals surface area contributed by atoms with Crippen LogP contribution in [0.3, 0.4) is 0 Å². The summed E-state index contributed by atoms with van der Waals surface area (Å²) in [5.74, 6) is -0.203. The summed E-state index contributed by atoms with van der Waals surface area (Å²) >= 11 is 0. The molecule has 0 radical (unpaired) electrons. The van der Waals surface area contributed by atoms with Gasteiger partial charge in [-0.2, -0.15) is 0 Å². The van der Waals surface area contributed by atoms with Crippen LogP contribution in [0.15, 0.2) is 30.4 Å². The Morgan fingerprint density at radius 2 is 1.67 bits per heavy atom. The van der Waals surface area contributed by atoms with E-state index in [2.05, 4.69) is 6.08 Å². The minimum Gasteiger partial charge on any atom is -0.326 e. The number of piperidine rings is 1. The Balaban J connectivity index is 2.05. The average Bonchev–Trinajstić information content (AvgIpc) is 2.54. The highest BCUT2D eigenvalue weighted by Gasteiger charge is 2.47. The van der Waals surface area contributed by atoms with Crippen molar-refractivity contribution in [3.63, 3.8) is 0 Å². The highest BCUT2D eigenvalue weighted by Crippen LogP contribution is 2.43. The molecule has 1 amide bonds.